The molecule has 0 bridgehead atoms. The summed E-state index contributed by atoms with van der Waals surface area (Å²) < 4.78 is 0. The molecule has 1 heterocycles. The number of nitrogens with zero attached hydrogens (tertiary/aromatic N) is 2. The molecule has 0 spiro atoms. The summed E-state index contributed by atoms with van der Waals surface area (Å²) in [4.78, 5) is 4.25. The molecule has 0 radical (unpaired) electrons. The second-order valence-electron chi connectivity index (χ2n) is 3.34. The van der Waals surface area contributed by atoms with E-state index < -0.39 is 0 Å². The van der Waals surface area contributed by atoms with Gasteiger partial charge in [-0.1, -0.05) is 0 Å². The first-order chi connectivity index (χ1) is 7.19. The van der Waals surface area contributed by atoms with Gasteiger partial charge in [0.25, 0.3) is 0 Å². The van der Waals surface area contributed by atoms with Gasteiger partial charge in [0.05, 0.1) is 6.67 Å². The second-order valence-corrected chi connectivity index (χ2v) is 4.11. The van der Waals surface area contributed by atoms with Gasteiger partial charge in [-0.25, -0.2) is 0 Å². The Kier molecular flexibility index (Phi) is 5.04. The fourth-order valence-electron chi connectivity index (χ4n) is 1.45. The lowest BCUT2D eigenvalue weighted by atomic mass is 10.6. The minimum atomic E-state index is 0.789. The maximum absolute atomic E-state index is 5.24. The van der Waals surface area contributed by atoms with Crippen LogP contribution in [-0.4, -0.2) is 52.9 Å². The highest BCUT2D eigenvalue weighted by molar-refractivity contribution is 7.80. The van der Waals surface area contributed by atoms with Crippen molar-refractivity contribution in [3.63, 3.8) is 0 Å². The maximum Gasteiger partial charge on any atom is 0.170 e. The Bertz CT molecular complexity index is 220. The lowest BCUT2D eigenvalue weighted by molar-refractivity contribution is 0.415. The molecule has 1 aliphatic rings. The average molecular weight is 246 g/mol. The van der Waals surface area contributed by atoms with E-state index in [-0.39, 0.29) is 0 Å². The molecule has 15 heavy (non-hydrogen) atoms. The molecule has 0 amide bonds. The lowest BCUT2D eigenvalue weighted by Crippen LogP contribution is -2.42. The normalized spacial score (nSPS) is 15.3. The Morgan fingerprint density at radius 3 is 1.73 bits per heavy atom. The molecule has 4 nitrogen and oxygen atoms in total. The van der Waals surface area contributed by atoms with Crippen LogP contribution < -0.4 is 10.6 Å². The van der Waals surface area contributed by atoms with Crippen LogP contribution in [0.2, 0.25) is 0 Å². The van der Waals surface area contributed by atoms with Crippen LogP contribution in [0, 0.1) is 0 Å². The van der Waals surface area contributed by atoms with E-state index >= 15 is 0 Å². The summed E-state index contributed by atoms with van der Waals surface area (Å²) in [5.41, 5.74) is 0. The van der Waals surface area contributed by atoms with Crippen molar-refractivity contribution in [2.24, 2.45) is 0 Å². The summed E-state index contributed by atoms with van der Waals surface area (Å²) in [5, 5.41) is 7.93. The van der Waals surface area contributed by atoms with Crippen LogP contribution in [-0.2, 0) is 0 Å². The molecule has 0 unspecified atom stereocenters. The minimum Gasteiger partial charge on any atom is -0.363 e. The zero-order chi connectivity index (χ0) is 11.3. The third-order valence-electron chi connectivity index (χ3n) is 2.21. The van der Waals surface area contributed by atoms with Crippen molar-refractivity contribution in [2.45, 2.75) is 13.8 Å². The third-order valence-corrected chi connectivity index (χ3v) is 3.02. The predicted octanol–water partition coefficient (Wildman–Crippen LogP) is 0.350. The van der Waals surface area contributed by atoms with Gasteiger partial charge in [0.2, 0.25) is 0 Å². The van der Waals surface area contributed by atoms with E-state index in [1.807, 2.05) is 13.8 Å². The molecule has 0 saturated carbocycles. The van der Waals surface area contributed by atoms with Gasteiger partial charge in [-0.15, -0.1) is 0 Å². The van der Waals surface area contributed by atoms with Crippen molar-refractivity contribution in [1.29, 1.82) is 0 Å². The summed E-state index contributed by atoms with van der Waals surface area (Å²) >= 11 is 10.5. The SMILES string of the molecule is CCNC(=S)N1CCN(C(=S)NCC)C1. The molecule has 1 fully saturated rings. The predicted molar refractivity (Wildman–Crippen MR) is 70.8 cm³/mol. The van der Waals surface area contributed by atoms with Crippen LogP contribution in [0.25, 0.3) is 0 Å². The Morgan fingerprint density at radius 2 is 1.40 bits per heavy atom. The van der Waals surface area contributed by atoms with Gasteiger partial charge in [-0.2, -0.15) is 0 Å². The van der Waals surface area contributed by atoms with Crippen molar-refractivity contribution in [3.05, 3.63) is 0 Å². The summed E-state index contributed by atoms with van der Waals surface area (Å²) in [6, 6.07) is 0. The van der Waals surface area contributed by atoms with Crippen LogP contribution in [0.1, 0.15) is 13.8 Å². The first-order valence-corrected chi connectivity index (χ1v) is 6.06. The van der Waals surface area contributed by atoms with Crippen molar-refractivity contribution in [3.8, 4) is 0 Å². The highest BCUT2D eigenvalue weighted by Crippen LogP contribution is 2.05. The van der Waals surface area contributed by atoms with Crippen LogP contribution in [0.3, 0.4) is 0 Å². The monoisotopic (exact) mass is 246 g/mol. The first-order valence-electron chi connectivity index (χ1n) is 5.24. The van der Waals surface area contributed by atoms with E-state index in [2.05, 4.69) is 20.4 Å². The Hall–Kier alpha value is -0.620. The van der Waals surface area contributed by atoms with Crippen molar-refractivity contribution >= 4 is 34.7 Å². The summed E-state index contributed by atoms with van der Waals surface area (Å²) in [7, 11) is 0. The average Bonchev–Trinajstić information content (AvgIpc) is 2.67. The fraction of sp³-hybridized carbons (Fsp3) is 0.778. The zero-order valence-electron chi connectivity index (χ0n) is 9.25. The molecule has 0 aromatic carbocycles. The topological polar surface area (TPSA) is 30.5 Å². The molecular weight excluding hydrogens is 228 g/mol. The van der Waals surface area contributed by atoms with Crippen molar-refractivity contribution < 1.29 is 0 Å². The quantitative estimate of drug-likeness (QED) is 0.684. The molecule has 0 aliphatic carbocycles. The highest BCUT2D eigenvalue weighted by atomic mass is 32.1. The van der Waals surface area contributed by atoms with E-state index in [0.717, 1.165) is 43.1 Å². The molecule has 1 saturated heterocycles. The van der Waals surface area contributed by atoms with Crippen LogP contribution in [0.5, 0.6) is 0 Å². The van der Waals surface area contributed by atoms with Gasteiger partial charge in [0.15, 0.2) is 10.2 Å². The molecule has 1 rings (SSSR count). The third kappa shape index (κ3) is 3.46. The van der Waals surface area contributed by atoms with Crippen LogP contribution in [0.15, 0.2) is 0 Å². The number of rotatable bonds is 2. The molecular formula is C9H18N4S2. The van der Waals surface area contributed by atoms with Crippen molar-refractivity contribution in [1.82, 2.24) is 20.4 Å². The molecule has 0 atom stereocenters. The van der Waals surface area contributed by atoms with E-state index in [0.29, 0.717) is 0 Å². The first kappa shape index (κ1) is 12.4. The molecule has 6 heteroatoms. The summed E-state index contributed by atoms with van der Waals surface area (Å²) in [6.45, 7) is 8.50. The van der Waals surface area contributed by atoms with Gasteiger partial charge in [-0.3, -0.25) is 0 Å². The van der Waals surface area contributed by atoms with Crippen molar-refractivity contribution in [2.75, 3.05) is 32.8 Å². The number of thiocarbonyl (C=S) groups is 2. The largest absolute Gasteiger partial charge is 0.363 e. The molecule has 0 aromatic heterocycles. The summed E-state index contributed by atoms with van der Waals surface area (Å²) in [5.74, 6) is 0. The van der Waals surface area contributed by atoms with Gasteiger partial charge < -0.3 is 20.4 Å². The number of nitrogens with one attached hydrogen (secondary N) is 2. The van der Waals surface area contributed by atoms with Crippen LogP contribution in [0.4, 0.5) is 0 Å². The Balaban J connectivity index is 2.38. The van der Waals surface area contributed by atoms with E-state index in [1.165, 1.54) is 0 Å². The van der Waals surface area contributed by atoms with E-state index in [1.54, 1.807) is 0 Å². The molecule has 0 aromatic rings. The number of hydrogen-bond acceptors (Lipinski definition) is 2. The summed E-state index contributed by atoms with van der Waals surface area (Å²) in [6.07, 6.45) is 0. The van der Waals surface area contributed by atoms with Gasteiger partial charge in [-0.05, 0) is 38.3 Å². The van der Waals surface area contributed by atoms with E-state index in [4.69, 9.17) is 24.4 Å². The fourth-order valence-corrected chi connectivity index (χ4v) is 2.03. The maximum atomic E-state index is 5.24. The van der Waals surface area contributed by atoms with Crippen LogP contribution >= 0.6 is 24.4 Å². The molecule has 2 N–H and O–H groups in total. The Labute approximate surface area is 102 Å². The second kappa shape index (κ2) is 6.07. The Morgan fingerprint density at radius 1 is 1.00 bits per heavy atom. The number of hydrogen-bond donors (Lipinski definition) is 2. The van der Waals surface area contributed by atoms with Gasteiger partial charge in [0, 0.05) is 26.2 Å². The van der Waals surface area contributed by atoms with Gasteiger partial charge >= 0.3 is 0 Å². The highest BCUT2D eigenvalue weighted by Gasteiger charge is 2.22. The lowest BCUT2D eigenvalue weighted by Gasteiger charge is -2.22. The standard InChI is InChI=1S/C9H18N4S2/c1-3-10-8(14)12-5-6-13(7-12)9(15)11-4-2/h3-7H2,1-2H3,(H,10,14)(H,11,15). The smallest absolute Gasteiger partial charge is 0.170 e. The zero-order valence-corrected chi connectivity index (χ0v) is 10.9. The van der Waals surface area contributed by atoms with E-state index in [9.17, 15) is 0 Å². The molecule has 86 valence electrons. The van der Waals surface area contributed by atoms with Gasteiger partial charge in [0.1, 0.15) is 0 Å². The minimum absolute atomic E-state index is 0.789. The molecule has 1 aliphatic heterocycles.